The van der Waals surface area contributed by atoms with Gasteiger partial charge in [-0.2, -0.15) is 0 Å². The van der Waals surface area contributed by atoms with E-state index in [4.69, 9.17) is 0 Å². The highest BCUT2D eigenvalue weighted by Crippen LogP contribution is 2.41. The molecule has 2 heterocycles. The Labute approximate surface area is 138 Å². The topological polar surface area (TPSA) is 75.2 Å². The number of aryl methyl sites for hydroxylation is 1. The van der Waals surface area contributed by atoms with Crippen LogP contribution in [0.4, 0.5) is 0 Å². The zero-order valence-corrected chi connectivity index (χ0v) is 14.7. The van der Waals surface area contributed by atoms with Crippen LogP contribution in [0.3, 0.4) is 0 Å². The number of hydrogen-bond donors (Lipinski definition) is 1. The first-order chi connectivity index (χ1) is 11.0. The second kappa shape index (κ2) is 6.83. The van der Waals surface area contributed by atoms with Crippen LogP contribution in [0.1, 0.15) is 37.6 Å². The lowest BCUT2D eigenvalue weighted by Gasteiger charge is -2.19. The fourth-order valence-electron chi connectivity index (χ4n) is 3.53. The maximum Gasteiger partial charge on any atom is 0.211 e. The number of rotatable bonds is 7. The predicted octanol–water partition coefficient (Wildman–Crippen LogP) is 1.32. The Bertz CT molecular complexity index is 645. The zero-order chi connectivity index (χ0) is 16.4. The van der Waals surface area contributed by atoms with Crippen LogP contribution in [0.2, 0.25) is 0 Å². The van der Waals surface area contributed by atoms with E-state index in [1.165, 1.54) is 12.8 Å². The van der Waals surface area contributed by atoms with Crippen LogP contribution < -0.4 is 4.72 Å². The number of likely N-dealkylation sites (tertiary alicyclic amines) is 1. The molecule has 2 fully saturated rings. The number of hydrogen-bond acceptors (Lipinski definition) is 5. The monoisotopic (exact) mass is 338 g/mol. The highest BCUT2D eigenvalue weighted by molar-refractivity contribution is 7.89. The molecule has 0 amide bonds. The Balaban J connectivity index is 1.67. The van der Waals surface area contributed by atoms with Gasteiger partial charge in [0.15, 0.2) is 0 Å². The average Bonchev–Trinajstić information content (AvgIpc) is 3.25. The Hall–Kier alpha value is -1.05. The van der Waals surface area contributed by atoms with Crippen molar-refractivity contribution in [1.29, 1.82) is 0 Å². The standard InChI is InChI=1S/C16H26N4O2S/c1-3-8-23(21,22)19-16-11-20(9-14(16)13-4-5-13)10-15-12(2)17-6-7-18-15/h6-7,13-14,16,19H,3-5,8-11H2,1-2H3/t14-,16+/m1/s1. The van der Waals surface area contributed by atoms with Gasteiger partial charge in [-0.3, -0.25) is 14.9 Å². The normalized spacial score (nSPS) is 25.8. The predicted molar refractivity (Wildman–Crippen MR) is 89.3 cm³/mol. The van der Waals surface area contributed by atoms with Gasteiger partial charge >= 0.3 is 0 Å². The van der Waals surface area contributed by atoms with Gasteiger partial charge in [0, 0.05) is 38.1 Å². The summed E-state index contributed by atoms with van der Waals surface area (Å²) in [7, 11) is -3.16. The minimum atomic E-state index is -3.16. The first-order valence-electron chi connectivity index (χ1n) is 8.47. The second-order valence-corrected chi connectivity index (χ2v) is 8.70. The number of nitrogens with zero attached hydrogens (tertiary/aromatic N) is 3. The fraction of sp³-hybridized carbons (Fsp3) is 0.750. The molecule has 3 rings (SSSR count). The molecule has 1 aromatic rings. The minimum Gasteiger partial charge on any atom is -0.296 e. The summed E-state index contributed by atoms with van der Waals surface area (Å²) >= 11 is 0. The summed E-state index contributed by atoms with van der Waals surface area (Å²) in [5.41, 5.74) is 1.93. The third-order valence-electron chi connectivity index (χ3n) is 4.83. The van der Waals surface area contributed by atoms with Gasteiger partial charge in [0.25, 0.3) is 0 Å². The van der Waals surface area contributed by atoms with E-state index in [9.17, 15) is 8.42 Å². The van der Waals surface area contributed by atoms with Crippen molar-refractivity contribution in [3.8, 4) is 0 Å². The quantitative estimate of drug-likeness (QED) is 0.812. The SMILES string of the molecule is CCCS(=O)(=O)N[C@H]1CN(Cc2nccnc2C)C[C@@H]1C1CC1. The van der Waals surface area contributed by atoms with E-state index in [1.54, 1.807) is 12.4 Å². The average molecular weight is 338 g/mol. The first kappa shape index (κ1) is 16.8. The molecule has 2 atom stereocenters. The largest absolute Gasteiger partial charge is 0.296 e. The van der Waals surface area contributed by atoms with E-state index in [1.807, 2.05) is 13.8 Å². The molecule has 0 spiro atoms. The second-order valence-electron chi connectivity index (χ2n) is 6.83. The molecular weight excluding hydrogens is 312 g/mol. The molecule has 6 nitrogen and oxygen atoms in total. The molecule has 1 saturated carbocycles. The van der Waals surface area contributed by atoms with Crippen molar-refractivity contribution in [2.45, 2.75) is 45.7 Å². The number of aromatic nitrogens is 2. The first-order valence-corrected chi connectivity index (χ1v) is 10.1. The lowest BCUT2D eigenvalue weighted by molar-refractivity contribution is 0.305. The summed E-state index contributed by atoms with van der Waals surface area (Å²) in [5, 5.41) is 0. The Morgan fingerprint density at radius 3 is 2.65 bits per heavy atom. The van der Waals surface area contributed by atoms with Crippen molar-refractivity contribution in [3.05, 3.63) is 23.8 Å². The van der Waals surface area contributed by atoms with E-state index in [0.29, 0.717) is 18.3 Å². The molecule has 1 N–H and O–H groups in total. The molecule has 2 aliphatic rings. The van der Waals surface area contributed by atoms with Crippen molar-refractivity contribution < 1.29 is 8.42 Å². The fourth-order valence-corrected chi connectivity index (χ4v) is 4.90. The van der Waals surface area contributed by atoms with Crippen LogP contribution in [0.5, 0.6) is 0 Å². The van der Waals surface area contributed by atoms with Crippen LogP contribution in [-0.2, 0) is 16.6 Å². The third kappa shape index (κ3) is 4.28. The molecule has 23 heavy (non-hydrogen) atoms. The minimum absolute atomic E-state index is 0.0380. The van der Waals surface area contributed by atoms with Crippen molar-refractivity contribution >= 4 is 10.0 Å². The Kier molecular flexibility index (Phi) is 4.98. The van der Waals surface area contributed by atoms with Crippen LogP contribution in [0.15, 0.2) is 12.4 Å². The molecule has 0 bridgehead atoms. The summed E-state index contributed by atoms with van der Waals surface area (Å²) < 4.78 is 27.2. The van der Waals surface area contributed by atoms with Crippen LogP contribution in [-0.4, -0.2) is 48.2 Å². The van der Waals surface area contributed by atoms with Gasteiger partial charge in [0.05, 0.1) is 17.1 Å². The Morgan fingerprint density at radius 1 is 1.26 bits per heavy atom. The Morgan fingerprint density at radius 2 is 2.00 bits per heavy atom. The van der Waals surface area contributed by atoms with Crippen LogP contribution in [0.25, 0.3) is 0 Å². The highest BCUT2D eigenvalue weighted by atomic mass is 32.2. The maximum atomic E-state index is 12.1. The third-order valence-corrected chi connectivity index (χ3v) is 6.44. The van der Waals surface area contributed by atoms with E-state index < -0.39 is 10.0 Å². The van der Waals surface area contributed by atoms with E-state index in [0.717, 1.165) is 31.0 Å². The van der Waals surface area contributed by atoms with E-state index >= 15 is 0 Å². The van der Waals surface area contributed by atoms with Gasteiger partial charge in [-0.05, 0) is 38.0 Å². The highest BCUT2D eigenvalue weighted by Gasteiger charge is 2.43. The zero-order valence-electron chi connectivity index (χ0n) is 13.9. The molecule has 0 radical (unpaired) electrons. The molecule has 7 heteroatoms. The maximum absolute atomic E-state index is 12.1. The smallest absolute Gasteiger partial charge is 0.211 e. The molecule has 0 aromatic carbocycles. The molecule has 1 saturated heterocycles. The van der Waals surface area contributed by atoms with Crippen LogP contribution >= 0.6 is 0 Å². The molecule has 128 valence electrons. The van der Waals surface area contributed by atoms with Gasteiger partial charge in [0.1, 0.15) is 0 Å². The van der Waals surface area contributed by atoms with Gasteiger partial charge in [0.2, 0.25) is 10.0 Å². The van der Waals surface area contributed by atoms with Gasteiger partial charge in [-0.15, -0.1) is 0 Å². The summed E-state index contributed by atoms with van der Waals surface area (Å²) in [6.07, 6.45) is 6.54. The lowest BCUT2D eigenvalue weighted by atomic mass is 9.99. The van der Waals surface area contributed by atoms with Crippen molar-refractivity contribution in [2.75, 3.05) is 18.8 Å². The van der Waals surface area contributed by atoms with Crippen molar-refractivity contribution in [1.82, 2.24) is 19.6 Å². The van der Waals surface area contributed by atoms with Gasteiger partial charge in [-0.25, -0.2) is 13.1 Å². The van der Waals surface area contributed by atoms with Crippen molar-refractivity contribution in [2.24, 2.45) is 11.8 Å². The number of nitrogens with one attached hydrogen (secondary N) is 1. The van der Waals surface area contributed by atoms with Crippen LogP contribution in [0, 0.1) is 18.8 Å². The summed E-state index contributed by atoms with van der Waals surface area (Å²) in [6, 6.07) is 0.0380. The summed E-state index contributed by atoms with van der Waals surface area (Å²) in [4.78, 5) is 11.0. The van der Waals surface area contributed by atoms with Crippen molar-refractivity contribution in [3.63, 3.8) is 0 Å². The summed E-state index contributed by atoms with van der Waals surface area (Å²) in [6.45, 7) is 6.32. The molecule has 0 unspecified atom stereocenters. The lowest BCUT2D eigenvalue weighted by Crippen LogP contribution is -2.42. The summed E-state index contributed by atoms with van der Waals surface area (Å²) in [5.74, 6) is 1.32. The van der Waals surface area contributed by atoms with Gasteiger partial charge in [-0.1, -0.05) is 6.92 Å². The van der Waals surface area contributed by atoms with E-state index in [2.05, 4.69) is 19.6 Å². The number of sulfonamides is 1. The molecular formula is C16H26N4O2S. The molecule has 1 aliphatic carbocycles. The van der Waals surface area contributed by atoms with E-state index in [-0.39, 0.29) is 11.8 Å². The van der Waals surface area contributed by atoms with Gasteiger partial charge < -0.3 is 0 Å². The molecule has 1 aromatic heterocycles. The molecule has 1 aliphatic heterocycles.